The molecule has 1 aromatic heterocycles. The van der Waals surface area contributed by atoms with Gasteiger partial charge in [0.05, 0.1) is 12.4 Å². The van der Waals surface area contributed by atoms with Crippen LogP contribution in [0.2, 0.25) is 0 Å². The maximum atomic E-state index is 3.57. The molecule has 0 aliphatic rings. The number of rotatable bonds is 6. The van der Waals surface area contributed by atoms with Gasteiger partial charge in [0.1, 0.15) is 5.69 Å². The summed E-state index contributed by atoms with van der Waals surface area (Å²) in [5.74, 6) is 1.80. The first-order chi connectivity index (χ1) is 14.1. The van der Waals surface area contributed by atoms with E-state index in [2.05, 4.69) is 123 Å². The maximum Gasteiger partial charge on any atom is 0.174 e. The number of hydrogen-bond donors (Lipinski definition) is 0. The summed E-state index contributed by atoms with van der Waals surface area (Å²) >= 11 is 0. The molecule has 0 saturated carbocycles. The van der Waals surface area contributed by atoms with Crippen LogP contribution in [0.5, 0.6) is 0 Å². The Morgan fingerprint density at radius 3 is 1.50 bits per heavy atom. The van der Waals surface area contributed by atoms with Crippen LogP contribution in [-0.2, 0) is 0 Å². The van der Waals surface area contributed by atoms with Crippen molar-refractivity contribution in [2.75, 3.05) is 0 Å². The van der Waals surface area contributed by atoms with Gasteiger partial charge in [0.2, 0.25) is 0 Å². The summed E-state index contributed by atoms with van der Waals surface area (Å²) in [5, 5.41) is 0. The third-order valence-corrected chi connectivity index (χ3v) is 6.48. The predicted molar refractivity (Wildman–Crippen MR) is 132 cm³/mol. The molecule has 0 aliphatic heterocycles. The molecule has 0 aliphatic carbocycles. The summed E-state index contributed by atoms with van der Waals surface area (Å²) in [6, 6.07) is 13.4. The van der Waals surface area contributed by atoms with Crippen molar-refractivity contribution in [1.29, 1.82) is 0 Å². The number of benzene rings is 2. The van der Waals surface area contributed by atoms with Gasteiger partial charge in [0.25, 0.3) is 0 Å². The fraction of sp³-hybridized carbons (Fsp3) is 0.444. The van der Waals surface area contributed by atoms with E-state index < -0.39 is 0 Å². The van der Waals surface area contributed by atoms with Crippen LogP contribution in [0.3, 0.4) is 0 Å². The van der Waals surface area contributed by atoms with E-state index in [1.807, 2.05) is 0 Å². The number of aromatic nitrogens is 2. The highest BCUT2D eigenvalue weighted by Crippen LogP contribution is 2.32. The van der Waals surface area contributed by atoms with Crippen LogP contribution in [0, 0.1) is 6.20 Å². The normalized spacial score (nSPS) is 12.0. The van der Waals surface area contributed by atoms with Gasteiger partial charge in [0, 0.05) is 16.8 Å². The monoisotopic (exact) mass is 420 g/mol. The zero-order valence-electron chi connectivity index (χ0n) is 19.8. The van der Waals surface area contributed by atoms with Gasteiger partial charge in [-0.2, -0.15) is 0 Å². The third-order valence-electron chi connectivity index (χ3n) is 5.94. The summed E-state index contributed by atoms with van der Waals surface area (Å²) < 4.78 is 4.56. The fourth-order valence-electron chi connectivity index (χ4n) is 4.27. The van der Waals surface area contributed by atoms with E-state index in [4.69, 9.17) is 0 Å². The van der Waals surface area contributed by atoms with E-state index in [-0.39, 0.29) is 0 Å². The van der Waals surface area contributed by atoms with Crippen LogP contribution in [0.4, 0.5) is 0 Å². The van der Waals surface area contributed by atoms with Crippen molar-refractivity contribution in [3.05, 3.63) is 71.0 Å². The lowest BCUT2D eigenvalue weighted by atomic mass is 9.92. The average Bonchev–Trinajstić information content (AvgIpc) is 3.07. The molecule has 1 heterocycles. The number of hydrogen-bond acceptors (Lipinski definition) is 0. The molecule has 0 spiro atoms. The molecule has 0 saturated heterocycles. The van der Waals surface area contributed by atoms with Gasteiger partial charge in [-0.1, -0.05) is 112 Å². The van der Waals surface area contributed by atoms with E-state index in [0.717, 1.165) is 5.57 Å². The molecule has 2 nitrogen and oxygen atoms in total. The highest BCUT2D eigenvalue weighted by molar-refractivity contribution is 7.26. The van der Waals surface area contributed by atoms with Gasteiger partial charge >= 0.3 is 0 Å². The van der Waals surface area contributed by atoms with Gasteiger partial charge in [0.15, 0.2) is 5.57 Å². The molecule has 3 rings (SSSR count). The van der Waals surface area contributed by atoms with E-state index in [1.54, 1.807) is 0 Å². The highest BCUT2D eigenvalue weighted by atomic mass is 31.0. The van der Waals surface area contributed by atoms with Gasteiger partial charge in [-0.05, 0) is 23.7 Å². The topological polar surface area (TPSA) is 8.81 Å². The zero-order chi connectivity index (χ0) is 22.2. The molecule has 2 aromatic carbocycles. The van der Waals surface area contributed by atoms with Crippen LogP contribution in [0.25, 0.3) is 11.4 Å². The molecule has 0 bridgehead atoms. The molecule has 1 atom stereocenters. The molecule has 160 valence electrons. The molecular formula is C27H37N2P. The first-order valence-corrected chi connectivity index (χ1v) is 11.8. The first kappa shape index (κ1) is 22.8. The van der Waals surface area contributed by atoms with Crippen molar-refractivity contribution in [3.8, 4) is 11.4 Å². The molecule has 3 heteroatoms. The first-order valence-electron chi connectivity index (χ1n) is 11.2. The van der Waals surface area contributed by atoms with Gasteiger partial charge in [-0.25, -0.2) is 0 Å². The number of nitrogens with zero attached hydrogens (tertiary/aromatic N) is 2. The Labute approximate surface area is 185 Å². The SMILES string of the molecule is CC(C)c1cccc(C(C)C)c1-n1c[c-][n+](-c2c(C(C)C)cccc2C(C)C)c1P. The molecule has 30 heavy (non-hydrogen) atoms. The van der Waals surface area contributed by atoms with Crippen molar-refractivity contribution in [1.82, 2.24) is 4.57 Å². The standard InChI is InChI=1S/C27H37N2P/c1-17(2)21-11-9-12-22(18(3)4)25(21)28-15-16-29(27(28)30)26-23(19(5)6)13-10-14-24(26)20(7)8/h9-15,17-20H,30H2,1-8H3. The summed E-state index contributed by atoms with van der Waals surface area (Å²) in [6.07, 6.45) is 5.68. The van der Waals surface area contributed by atoms with E-state index in [1.165, 1.54) is 33.6 Å². The van der Waals surface area contributed by atoms with Crippen molar-refractivity contribution < 1.29 is 4.57 Å². The van der Waals surface area contributed by atoms with Crippen molar-refractivity contribution in [3.63, 3.8) is 0 Å². The minimum atomic E-state index is 0.446. The van der Waals surface area contributed by atoms with E-state index in [9.17, 15) is 0 Å². The molecule has 0 amide bonds. The Morgan fingerprint density at radius 2 is 1.10 bits per heavy atom. The van der Waals surface area contributed by atoms with Crippen molar-refractivity contribution >= 4 is 14.8 Å². The van der Waals surface area contributed by atoms with Crippen LogP contribution in [0.1, 0.15) is 101 Å². The second-order valence-electron chi connectivity index (χ2n) is 9.51. The zero-order valence-corrected chi connectivity index (χ0v) is 21.0. The van der Waals surface area contributed by atoms with Crippen LogP contribution >= 0.6 is 9.24 Å². The van der Waals surface area contributed by atoms with E-state index >= 15 is 0 Å². The maximum absolute atomic E-state index is 3.57. The molecular weight excluding hydrogens is 383 g/mol. The average molecular weight is 421 g/mol. The number of para-hydroxylation sites is 2. The lowest BCUT2D eigenvalue weighted by Crippen LogP contribution is -2.45. The molecule has 0 radical (unpaired) electrons. The fourth-order valence-corrected chi connectivity index (χ4v) is 4.68. The van der Waals surface area contributed by atoms with Gasteiger partial charge < -0.3 is 4.57 Å². The summed E-state index contributed by atoms with van der Waals surface area (Å²) in [7, 11) is 2.99. The largest absolute Gasteiger partial charge is 0.356 e. The Morgan fingerprint density at radius 1 is 0.700 bits per heavy atom. The lowest BCUT2D eigenvalue weighted by Gasteiger charge is -2.24. The summed E-state index contributed by atoms with van der Waals surface area (Å²) in [5.41, 5.74) is 9.18. The van der Waals surface area contributed by atoms with Gasteiger partial charge in [-0.3, -0.25) is 4.57 Å². The Bertz CT molecular complexity index is 892. The molecule has 0 fully saturated rings. The van der Waals surface area contributed by atoms with Crippen LogP contribution in [0.15, 0.2) is 42.6 Å². The Hall–Kier alpha value is -1.92. The predicted octanol–water partition coefficient (Wildman–Crippen LogP) is 6.55. The second kappa shape index (κ2) is 9.06. The van der Waals surface area contributed by atoms with Crippen molar-refractivity contribution in [2.45, 2.75) is 79.1 Å². The van der Waals surface area contributed by atoms with Crippen molar-refractivity contribution in [2.24, 2.45) is 0 Å². The molecule has 1 unspecified atom stereocenters. The number of imidazole rings is 1. The molecule has 3 aromatic rings. The summed E-state index contributed by atoms with van der Waals surface area (Å²) in [4.78, 5) is 0. The quantitative estimate of drug-likeness (QED) is 0.243. The smallest absolute Gasteiger partial charge is 0.174 e. The highest BCUT2D eigenvalue weighted by Gasteiger charge is 2.22. The second-order valence-corrected chi connectivity index (χ2v) is 10.0. The van der Waals surface area contributed by atoms with Crippen LogP contribution < -0.4 is 10.1 Å². The lowest BCUT2D eigenvalue weighted by molar-refractivity contribution is -0.580. The minimum Gasteiger partial charge on any atom is -0.356 e. The Balaban J connectivity index is 2.32. The Kier molecular flexibility index (Phi) is 6.88. The van der Waals surface area contributed by atoms with E-state index in [0.29, 0.717) is 23.7 Å². The van der Waals surface area contributed by atoms with Gasteiger partial charge in [-0.15, -0.1) is 0 Å². The third kappa shape index (κ3) is 4.12. The minimum absolute atomic E-state index is 0.446. The van der Waals surface area contributed by atoms with Crippen LogP contribution in [-0.4, -0.2) is 4.57 Å². The summed E-state index contributed by atoms with van der Waals surface area (Å²) in [6.45, 7) is 18.2. The molecule has 0 N–H and O–H groups in total.